The Morgan fingerprint density at radius 3 is 2.48 bits per heavy atom. The smallest absolute Gasteiger partial charge is 0.336 e. The first-order chi connectivity index (χ1) is 12.8. The van der Waals surface area contributed by atoms with Gasteiger partial charge in [0.1, 0.15) is 11.3 Å². The summed E-state index contributed by atoms with van der Waals surface area (Å²) in [6.45, 7) is 6.03. The Morgan fingerprint density at radius 2 is 1.85 bits per heavy atom. The lowest BCUT2D eigenvalue weighted by Crippen LogP contribution is -2.54. The highest BCUT2D eigenvalue weighted by Crippen LogP contribution is 2.31. The molecule has 1 aliphatic heterocycles. The number of para-hydroxylation sites is 2. The van der Waals surface area contributed by atoms with Crippen molar-refractivity contribution in [3.05, 3.63) is 52.9 Å². The van der Waals surface area contributed by atoms with Crippen molar-refractivity contribution in [1.29, 1.82) is 0 Å². The minimum atomic E-state index is -0.796. The van der Waals surface area contributed by atoms with Gasteiger partial charge in [-0.2, -0.15) is 0 Å². The van der Waals surface area contributed by atoms with Crippen LogP contribution in [0.4, 0.5) is 10.5 Å². The number of nitrogens with zero attached hydrogens (tertiary/aromatic N) is 2. The van der Waals surface area contributed by atoms with Crippen LogP contribution in [0.1, 0.15) is 23.9 Å². The Labute approximate surface area is 157 Å². The highest BCUT2D eigenvalue weighted by Gasteiger charge is 2.38. The van der Waals surface area contributed by atoms with Crippen LogP contribution in [-0.2, 0) is 16.6 Å². The molecule has 1 fully saturated rings. The minimum absolute atomic E-state index is 0.102. The Morgan fingerprint density at radius 1 is 1.15 bits per heavy atom. The number of benzene rings is 1. The first-order valence-electron chi connectivity index (χ1n) is 8.61. The zero-order valence-electron chi connectivity index (χ0n) is 15.7. The molecule has 0 aliphatic carbocycles. The lowest BCUT2D eigenvalue weighted by atomic mass is 10.1. The third-order valence-electron chi connectivity index (χ3n) is 4.62. The average Bonchev–Trinajstić information content (AvgIpc) is 2.87. The first-order valence-corrected chi connectivity index (χ1v) is 8.61. The summed E-state index contributed by atoms with van der Waals surface area (Å²) in [6, 6.07) is 7.81. The molecule has 7 heteroatoms. The molecule has 1 N–H and O–H groups in total. The van der Waals surface area contributed by atoms with E-state index in [1.54, 1.807) is 24.3 Å². The summed E-state index contributed by atoms with van der Waals surface area (Å²) >= 11 is 0. The van der Waals surface area contributed by atoms with Crippen LogP contribution in [0, 0.1) is 13.8 Å². The second-order valence-electron chi connectivity index (χ2n) is 6.24. The lowest BCUT2D eigenvalue weighted by Gasteiger charge is -2.27. The van der Waals surface area contributed by atoms with Gasteiger partial charge in [0.25, 0.3) is 11.8 Å². The zero-order chi connectivity index (χ0) is 19.7. The number of carbonyl (C=O) groups excluding carboxylic acids is 3. The third-order valence-corrected chi connectivity index (χ3v) is 4.62. The van der Waals surface area contributed by atoms with Crippen molar-refractivity contribution < 1.29 is 19.1 Å². The van der Waals surface area contributed by atoms with Crippen molar-refractivity contribution in [3.8, 4) is 5.75 Å². The van der Waals surface area contributed by atoms with Gasteiger partial charge in [0, 0.05) is 18.4 Å². The molecule has 0 bridgehead atoms. The Hall–Kier alpha value is -3.35. The molecule has 0 spiro atoms. The molecule has 1 aromatic heterocycles. The van der Waals surface area contributed by atoms with E-state index >= 15 is 0 Å². The second kappa shape index (κ2) is 7.11. The van der Waals surface area contributed by atoms with Crippen LogP contribution in [0.25, 0.3) is 6.08 Å². The average molecular weight is 367 g/mol. The molecule has 0 saturated carbocycles. The first kappa shape index (κ1) is 18.4. The van der Waals surface area contributed by atoms with E-state index < -0.39 is 17.8 Å². The number of aromatic nitrogens is 1. The van der Waals surface area contributed by atoms with E-state index in [1.165, 1.54) is 6.08 Å². The molecule has 0 unspecified atom stereocenters. The molecule has 27 heavy (non-hydrogen) atoms. The minimum Gasteiger partial charge on any atom is -0.492 e. The number of carbonyl (C=O) groups is 3. The number of aryl methyl sites for hydroxylation is 1. The quantitative estimate of drug-likeness (QED) is 0.665. The van der Waals surface area contributed by atoms with Crippen LogP contribution in [0.5, 0.6) is 5.75 Å². The van der Waals surface area contributed by atoms with E-state index in [2.05, 4.69) is 5.32 Å². The van der Waals surface area contributed by atoms with Gasteiger partial charge in [0.2, 0.25) is 0 Å². The predicted molar refractivity (Wildman–Crippen MR) is 101 cm³/mol. The zero-order valence-corrected chi connectivity index (χ0v) is 15.7. The normalized spacial score (nSPS) is 16.1. The SMILES string of the molecule is CCOc1ccccc1N1C(=O)NC(=O)/C(=C\c2cc(C)n(C)c2C)C1=O. The number of imide groups is 2. The number of barbiturate groups is 1. The fourth-order valence-electron chi connectivity index (χ4n) is 2.98. The van der Waals surface area contributed by atoms with Crippen molar-refractivity contribution in [1.82, 2.24) is 9.88 Å². The number of hydrogen-bond donors (Lipinski definition) is 1. The van der Waals surface area contributed by atoms with Gasteiger partial charge >= 0.3 is 6.03 Å². The van der Waals surface area contributed by atoms with Crippen LogP contribution >= 0.6 is 0 Å². The molecule has 1 aliphatic rings. The standard InChI is InChI=1S/C20H21N3O4/c1-5-27-17-9-7-6-8-16(17)23-19(25)15(18(24)21-20(23)26)11-14-10-12(2)22(4)13(14)3/h6-11H,5H2,1-4H3,(H,21,24,26)/b15-11+. The molecule has 0 atom stereocenters. The molecule has 2 aromatic rings. The lowest BCUT2D eigenvalue weighted by molar-refractivity contribution is -0.122. The Kier molecular flexibility index (Phi) is 4.85. The molecule has 0 radical (unpaired) electrons. The Bertz CT molecular complexity index is 972. The van der Waals surface area contributed by atoms with Gasteiger partial charge < -0.3 is 9.30 Å². The Balaban J connectivity index is 2.07. The number of amides is 4. The molecule has 1 saturated heterocycles. The molecule has 3 rings (SSSR count). The van der Waals surface area contributed by atoms with E-state index in [1.807, 2.05) is 38.5 Å². The molecule has 2 heterocycles. The van der Waals surface area contributed by atoms with Gasteiger partial charge in [-0.3, -0.25) is 14.9 Å². The van der Waals surface area contributed by atoms with Gasteiger partial charge in [0.05, 0.1) is 12.3 Å². The number of nitrogens with one attached hydrogen (secondary N) is 1. The summed E-state index contributed by atoms with van der Waals surface area (Å²) in [7, 11) is 1.91. The van der Waals surface area contributed by atoms with Crippen LogP contribution in [0.3, 0.4) is 0 Å². The van der Waals surface area contributed by atoms with E-state index in [0.717, 1.165) is 21.9 Å². The van der Waals surface area contributed by atoms with Crippen molar-refractivity contribution in [3.63, 3.8) is 0 Å². The summed E-state index contributed by atoms with van der Waals surface area (Å²) in [5, 5.41) is 2.24. The van der Waals surface area contributed by atoms with Gasteiger partial charge in [-0.1, -0.05) is 12.1 Å². The van der Waals surface area contributed by atoms with E-state index in [9.17, 15) is 14.4 Å². The number of ether oxygens (including phenoxy) is 1. The number of rotatable bonds is 4. The number of urea groups is 1. The van der Waals surface area contributed by atoms with Gasteiger partial charge in [-0.25, -0.2) is 9.69 Å². The summed E-state index contributed by atoms with van der Waals surface area (Å²) in [5.74, 6) is -1.00. The predicted octanol–water partition coefficient (Wildman–Crippen LogP) is 2.71. The van der Waals surface area contributed by atoms with E-state index in [0.29, 0.717) is 18.0 Å². The number of hydrogen-bond acceptors (Lipinski definition) is 4. The monoisotopic (exact) mass is 367 g/mol. The van der Waals surface area contributed by atoms with Crippen molar-refractivity contribution >= 4 is 29.6 Å². The second-order valence-corrected chi connectivity index (χ2v) is 6.24. The molecule has 1 aromatic carbocycles. The van der Waals surface area contributed by atoms with Crippen molar-refractivity contribution in [2.45, 2.75) is 20.8 Å². The molecule has 140 valence electrons. The summed E-state index contributed by atoms with van der Waals surface area (Å²) in [5.41, 5.74) is 2.85. The largest absolute Gasteiger partial charge is 0.492 e. The third kappa shape index (κ3) is 3.23. The van der Waals surface area contributed by atoms with Crippen molar-refractivity contribution in [2.24, 2.45) is 7.05 Å². The van der Waals surface area contributed by atoms with Crippen LogP contribution < -0.4 is 15.0 Å². The maximum Gasteiger partial charge on any atom is 0.336 e. The molecule has 7 nitrogen and oxygen atoms in total. The molecule has 4 amide bonds. The van der Waals surface area contributed by atoms with Crippen molar-refractivity contribution in [2.75, 3.05) is 11.5 Å². The number of anilines is 1. The van der Waals surface area contributed by atoms with Crippen LogP contribution in [-0.4, -0.2) is 29.0 Å². The van der Waals surface area contributed by atoms with Crippen LogP contribution in [0.2, 0.25) is 0 Å². The topological polar surface area (TPSA) is 80.6 Å². The van der Waals surface area contributed by atoms with E-state index in [4.69, 9.17) is 4.74 Å². The van der Waals surface area contributed by atoms with Gasteiger partial charge in [-0.15, -0.1) is 0 Å². The molecular formula is C20H21N3O4. The van der Waals surface area contributed by atoms with Crippen LogP contribution in [0.15, 0.2) is 35.9 Å². The van der Waals surface area contributed by atoms with Gasteiger partial charge in [0.15, 0.2) is 0 Å². The fraction of sp³-hybridized carbons (Fsp3) is 0.250. The fourth-order valence-corrected chi connectivity index (χ4v) is 2.98. The highest BCUT2D eigenvalue weighted by molar-refractivity contribution is 6.39. The summed E-state index contributed by atoms with van der Waals surface area (Å²) < 4.78 is 7.49. The summed E-state index contributed by atoms with van der Waals surface area (Å²) in [4.78, 5) is 38.7. The van der Waals surface area contributed by atoms with E-state index in [-0.39, 0.29) is 5.57 Å². The summed E-state index contributed by atoms with van der Waals surface area (Å²) in [6.07, 6.45) is 1.52. The molecular weight excluding hydrogens is 346 g/mol. The maximum absolute atomic E-state index is 13.0. The van der Waals surface area contributed by atoms with Gasteiger partial charge in [-0.05, 0) is 50.6 Å². The highest BCUT2D eigenvalue weighted by atomic mass is 16.5. The maximum atomic E-state index is 13.0.